The number of carbonyl (C=O) groups is 5. The first-order valence-electron chi connectivity index (χ1n) is 15.1. The summed E-state index contributed by atoms with van der Waals surface area (Å²) < 4.78 is 0. The number of likely N-dealkylation sites (tertiary alicyclic amines) is 2. The van der Waals surface area contributed by atoms with E-state index in [9.17, 15) is 29.1 Å². The van der Waals surface area contributed by atoms with Crippen molar-refractivity contribution in [3.05, 3.63) is 65.9 Å². The summed E-state index contributed by atoms with van der Waals surface area (Å²) in [6.07, 6.45) is 4.06. The molecule has 4 amide bonds. The van der Waals surface area contributed by atoms with E-state index in [4.69, 9.17) is 10.8 Å². The minimum Gasteiger partial charge on any atom is -0.508 e. The van der Waals surface area contributed by atoms with Crippen LogP contribution in [0.2, 0.25) is 0 Å². The Bertz CT molecular complexity index is 1570. The second-order valence-electron chi connectivity index (χ2n) is 11.6. The number of amides is 4. The predicted octanol–water partition coefficient (Wildman–Crippen LogP) is 0.654. The number of aliphatic carboxylic acids is 1. The Kier molecular flexibility index (Phi) is 9.67. The maximum absolute atomic E-state index is 14.0. The summed E-state index contributed by atoms with van der Waals surface area (Å²) in [7, 11) is 0. The van der Waals surface area contributed by atoms with Crippen LogP contribution < -0.4 is 16.4 Å². The number of H-pyrrole nitrogens is 1. The molecule has 0 saturated carbocycles. The molecule has 0 bridgehead atoms. The number of phenolic OH excluding ortho intramolecular Hbond substituents is 1. The minimum atomic E-state index is -1.19. The van der Waals surface area contributed by atoms with Crippen LogP contribution in [0.15, 0.2) is 54.7 Å². The molecule has 13 nitrogen and oxygen atoms in total. The lowest BCUT2D eigenvalue weighted by Gasteiger charge is -2.31. The summed E-state index contributed by atoms with van der Waals surface area (Å²) >= 11 is 0. The number of benzene rings is 2. The van der Waals surface area contributed by atoms with Crippen molar-refractivity contribution >= 4 is 40.5 Å². The zero-order valence-corrected chi connectivity index (χ0v) is 24.8. The van der Waals surface area contributed by atoms with E-state index in [-0.39, 0.29) is 31.0 Å². The minimum absolute atomic E-state index is 0.104. The van der Waals surface area contributed by atoms with Gasteiger partial charge in [0.25, 0.3) is 0 Å². The Morgan fingerprint density at radius 2 is 1.53 bits per heavy atom. The fourth-order valence-corrected chi connectivity index (χ4v) is 6.26. The third-order valence-corrected chi connectivity index (χ3v) is 8.51. The van der Waals surface area contributed by atoms with Crippen molar-refractivity contribution < 1.29 is 34.2 Å². The van der Waals surface area contributed by atoms with Crippen LogP contribution in [0.4, 0.5) is 0 Å². The summed E-state index contributed by atoms with van der Waals surface area (Å²) in [5.41, 5.74) is 8.70. The van der Waals surface area contributed by atoms with Crippen molar-refractivity contribution in [1.82, 2.24) is 25.4 Å². The van der Waals surface area contributed by atoms with Crippen molar-refractivity contribution in [2.75, 3.05) is 19.6 Å². The van der Waals surface area contributed by atoms with Crippen LogP contribution in [0.25, 0.3) is 10.9 Å². The van der Waals surface area contributed by atoms with Gasteiger partial charge in [-0.15, -0.1) is 0 Å². The van der Waals surface area contributed by atoms with Gasteiger partial charge in [0.15, 0.2) is 0 Å². The average Bonchev–Trinajstić information content (AvgIpc) is 3.80. The van der Waals surface area contributed by atoms with Crippen molar-refractivity contribution in [3.8, 4) is 5.75 Å². The number of phenols is 1. The van der Waals surface area contributed by atoms with Crippen LogP contribution in [-0.4, -0.2) is 98.4 Å². The summed E-state index contributed by atoms with van der Waals surface area (Å²) in [6.45, 7) is 0.0664. The molecular formula is C32H38N6O7. The number of hydrogen-bond donors (Lipinski definition) is 6. The highest BCUT2D eigenvalue weighted by atomic mass is 16.4. The van der Waals surface area contributed by atoms with Crippen LogP contribution in [-0.2, 0) is 36.8 Å². The predicted molar refractivity (Wildman–Crippen MR) is 164 cm³/mol. The number of carbonyl (C=O) groups excluding carboxylic acids is 4. The lowest BCUT2D eigenvalue weighted by molar-refractivity contribution is -0.144. The lowest BCUT2D eigenvalue weighted by Crippen LogP contribution is -2.58. The van der Waals surface area contributed by atoms with E-state index < -0.39 is 54.4 Å². The van der Waals surface area contributed by atoms with Crippen LogP contribution in [0.1, 0.15) is 36.8 Å². The number of rotatable bonds is 11. The monoisotopic (exact) mass is 618 g/mol. The molecule has 4 unspecified atom stereocenters. The molecule has 1 aromatic heterocycles. The highest BCUT2D eigenvalue weighted by molar-refractivity contribution is 5.96. The maximum Gasteiger partial charge on any atom is 0.322 e. The lowest BCUT2D eigenvalue weighted by atomic mass is 10.0. The Hall–Kier alpha value is -4.91. The summed E-state index contributed by atoms with van der Waals surface area (Å²) in [6, 6.07) is 10.4. The molecule has 2 aliphatic rings. The maximum atomic E-state index is 14.0. The van der Waals surface area contributed by atoms with E-state index in [0.717, 1.165) is 22.0 Å². The largest absolute Gasteiger partial charge is 0.508 e. The standard InChI is InChI=1S/C32H38N6O7/c33-23(15-19-9-11-21(39)12-10-19)31(44)37-13-4-8-27(37)30(43)36-25(16-20-17-34-24-6-2-1-5-22(20)24)32(45)38-14-3-7-26(38)29(42)35-18-28(40)41/h1-2,5-6,9-12,17,23,25-27,34,39H,3-4,7-8,13-16,18,33H2,(H,35,42)(H,36,43)(H,40,41). The van der Waals surface area contributed by atoms with Gasteiger partial charge >= 0.3 is 5.97 Å². The molecule has 0 radical (unpaired) electrons. The molecule has 2 fully saturated rings. The van der Waals surface area contributed by atoms with Crippen LogP contribution in [0.5, 0.6) is 5.75 Å². The van der Waals surface area contributed by atoms with E-state index in [0.29, 0.717) is 32.2 Å². The normalized spacial score (nSPS) is 19.3. The van der Waals surface area contributed by atoms with Gasteiger partial charge in [0.1, 0.15) is 30.4 Å². The van der Waals surface area contributed by atoms with Gasteiger partial charge in [-0.1, -0.05) is 30.3 Å². The SMILES string of the molecule is NC(Cc1ccc(O)cc1)C(=O)N1CCCC1C(=O)NC(Cc1c[nH]c2ccccc12)C(=O)N1CCCC1C(=O)NCC(=O)O. The molecule has 2 aliphatic heterocycles. The Labute approximate surface area is 259 Å². The number of para-hydroxylation sites is 1. The second kappa shape index (κ2) is 13.8. The van der Waals surface area contributed by atoms with E-state index >= 15 is 0 Å². The summed E-state index contributed by atoms with van der Waals surface area (Å²) in [4.78, 5) is 71.1. The number of carboxylic acids is 1. The van der Waals surface area contributed by atoms with E-state index in [1.54, 1.807) is 18.3 Å². The van der Waals surface area contributed by atoms with E-state index in [1.165, 1.54) is 21.9 Å². The molecule has 3 aromatic rings. The number of nitrogens with two attached hydrogens (primary N) is 1. The smallest absolute Gasteiger partial charge is 0.322 e. The van der Waals surface area contributed by atoms with Gasteiger partial charge in [0.05, 0.1) is 6.04 Å². The molecule has 45 heavy (non-hydrogen) atoms. The molecule has 0 spiro atoms. The molecule has 2 saturated heterocycles. The second-order valence-corrected chi connectivity index (χ2v) is 11.6. The van der Waals surface area contributed by atoms with Crippen molar-refractivity contribution in [2.45, 2.75) is 62.7 Å². The fourth-order valence-electron chi connectivity index (χ4n) is 6.26. The summed E-state index contributed by atoms with van der Waals surface area (Å²) in [5, 5.41) is 24.7. The number of carboxylic acid groups (broad SMARTS) is 1. The van der Waals surface area contributed by atoms with Gasteiger partial charge in [-0.3, -0.25) is 24.0 Å². The highest BCUT2D eigenvalue weighted by Crippen LogP contribution is 2.24. The van der Waals surface area contributed by atoms with Gasteiger partial charge in [-0.05, 0) is 61.4 Å². The number of aromatic nitrogens is 1. The Morgan fingerprint density at radius 1 is 0.889 bits per heavy atom. The molecule has 5 rings (SSSR count). The molecule has 7 N–H and O–H groups in total. The van der Waals surface area contributed by atoms with Crippen LogP contribution >= 0.6 is 0 Å². The van der Waals surface area contributed by atoms with Crippen molar-refractivity contribution in [2.24, 2.45) is 5.73 Å². The summed E-state index contributed by atoms with van der Waals surface area (Å²) in [5.74, 6) is -2.97. The molecule has 0 aliphatic carbocycles. The van der Waals surface area contributed by atoms with Gasteiger partial charge in [-0.2, -0.15) is 0 Å². The molecule has 3 heterocycles. The average molecular weight is 619 g/mol. The first-order chi connectivity index (χ1) is 21.6. The van der Waals surface area contributed by atoms with Crippen LogP contribution in [0.3, 0.4) is 0 Å². The first-order valence-corrected chi connectivity index (χ1v) is 15.1. The van der Waals surface area contributed by atoms with Crippen molar-refractivity contribution in [1.29, 1.82) is 0 Å². The fraction of sp³-hybridized carbons (Fsp3) is 0.406. The van der Waals surface area contributed by atoms with Gasteiger partial charge in [0, 0.05) is 36.6 Å². The van der Waals surface area contributed by atoms with Crippen LogP contribution in [0, 0.1) is 0 Å². The molecule has 13 heteroatoms. The molecule has 4 atom stereocenters. The van der Waals surface area contributed by atoms with E-state index in [2.05, 4.69) is 15.6 Å². The van der Waals surface area contributed by atoms with Gasteiger partial charge in [-0.25, -0.2) is 0 Å². The third kappa shape index (κ3) is 7.26. The Balaban J connectivity index is 1.34. The molecule has 238 valence electrons. The number of aromatic hydroxyl groups is 1. The Morgan fingerprint density at radius 3 is 2.22 bits per heavy atom. The highest BCUT2D eigenvalue weighted by Gasteiger charge is 2.41. The zero-order chi connectivity index (χ0) is 32.1. The van der Waals surface area contributed by atoms with Gasteiger partial charge in [0.2, 0.25) is 23.6 Å². The molecule has 2 aromatic carbocycles. The van der Waals surface area contributed by atoms with Crippen molar-refractivity contribution in [3.63, 3.8) is 0 Å². The number of hydrogen-bond acceptors (Lipinski definition) is 7. The number of fused-ring (bicyclic) bond motifs is 1. The zero-order valence-electron chi connectivity index (χ0n) is 24.8. The number of nitrogens with one attached hydrogen (secondary N) is 3. The molecular weight excluding hydrogens is 580 g/mol. The van der Waals surface area contributed by atoms with Gasteiger partial charge < -0.3 is 41.4 Å². The third-order valence-electron chi connectivity index (χ3n) is 8.51. The number of aromatic amines is 1. The number of nitrogens with zero attached hydrogens (tertiary/aromatic N) is 2. The van der Waals surface area contributed by atoms with E-state index in [1.807, 2.05) is 24.3 Å². The topological polar surface area (TPSA) is 198 Å². The first kappa shape index (κ1) is 31.5. The quantitative estimate of drug-likeness (QED) is 0.180.